The summed E-state index contributed by atoms with van der Waals surface area (Å²) in [5, 5.41) is 11.7. The quantitative estimate of drug-likeness (QED) is 0.774. The van der Waals surface area contributed by atoms with Gasteiger partial charge in [0, 0.05) is 5.56 Å². The van der Waals surface area contributed by atoms with E-state index in [1.165, 1.54) is 12.8 Å². The van der Waals surface area contributed by atoms with Gasteiger partial charge in [-0.05, 0) is 55.4 Å². The second-order valence-corrected chi connectivity index (χ2v) is 6.27. The third-order valence-corrected chi connectivity index (χ3v) is 3.61. The Morgan fingerprint density at radius 1 is 1.27 bits per heavy atom. The van der Waals surface area contributed by atoms with Crippen molar-refractivity contribution in [2.24, 2.45) is 11.8 Å². The number of hydrogen-bond donors (Lipinski definition) is 2. The summed E-state index contributed by atoms with van der Waals surface area (Å²) < 4.78 is 5.61. The predicted octanol–water partition coefficient (Wildman–Crippen LogP) is 2.70. The summed E-state index contributed by atoms with van der Waals surface area (Å²) in [4.78, 5) is 23.3. The van der Waals surface area contributed by atoms with Crippen molar-refractivity contribution < 1.29 is 19.4 Å². The number of benzene rings is 1. The molecular weight excluding hydrogens is 282 g/mol. The van der Waals surface area contributed by atoms with E-state index in [0.29, 0.717) is 17.9 Å². The molecule has 5 heteroatoms. The third-order valence-electron chi connectivity index (χ3n) is 3.61. The molecule has 2 N–H and O–H groups in total. The van der Waals surface area contributed by atoms with Crippen molar-refractivity contribution in [3.63, 3.8) is 0 Å². The number of rotatable bonds is 8. The number of amides is 1. The molecule has 1 aliphatic rings. The summed E-state index contributed by atoms with van der Waals surface area (Å²) in [6, 6.07) is 5.95. The molecule has 0 heterocycles. The summed E-state index contributed by atoms with van der Waals surface area (Å²) in [5.74, 6) is 0.226. The fraction of sp³-hybridized carbons (Fsp3) is 0.529. The largest absolute Gasteiger partial charge is 0.493 e. The fourth-order valence-electron chi connectivity index (χ4n) is 2.14. The zero-order chi connectivity index (χ0) is 16.1. The van der Waals surface area contributed by atoms with Crippen LogP contribution >= 0.6 is 0 Å². The lowest BCUT2D eigenvalue weighted by molar-refractivity contribution is -0.139. The summed E-state index contributed by atoms with van der Waals surface area (Å²) in [5.41, 5.74) is 0.439. The molecule has 1 saturated carbocycles. The molecule has 22 heavy (non-hydrogen) atoms. The first-order valence-corrected chi connectivity index (χ1v) is 7.72. The highest BCUT2D eigenvalue weighted by Crippen LogP contribution is 2.29. The molecule has 0 aromatic heterocycles. The number of hydrogen-bond acceptors (Lipinski definition) is 3. The normalized spacial score (nSPS) is 15.4. The molecule has 0 aliphatic heterocycles. The van der Waals surface area contributed by atoms with Gasteiger partial charge in [0.05, 0.1) is 6.61 Å². The summed E-state index contributed by atoms with van der Waals surface area (Å²) in [6.07, 6.45) is 2.86. The Morgan fingerprint density at radius 3 is 2.41 bits per heavy atom. The van der Waals surface area contributed by atoms with Crippen LogP contribution in [0, 0.1) is 11.8 Å². The zero-order valence-electron chi connectivity index (χ0n) is 13.0. The van der Waals surface area contributed by atoms with Crippen LogP contribution in [0.4, 0.5) is 0 Å². The maximum atomic E-state index is 12.1. The number of carbonyl (C=O) groups excluding carboxylic acids is 1. The van der Waals surface area contributed by atoms with Crippen LogP contribution in [0.3, 0.4) is 0 Å². The minimum absolute atomic E-state index is 0.194. The molecular formula is C17H23NO4. The van der Waals surface area contributed by atoms with Crippen molar-refractivity contribution >= 4 is 11.9 Å². The van der Waals surface area contributed by atoms with E-state index in [2.05, 4.69) is 5.32 Å². The number of nitrogens with one attached hydrogen (secondary N) is 1. The van der Waals surface area contributed by atoms with Crippen LogP contribution in [-0.2, 0) is 4.79 Å². The summed E-state index contributed by atoms with van der Waals surface area (Å²) in [7, 11) is 0. The second kappa shape index (κ2) is 7.29. The van der Waals surface area contributed by atoms with Gasteiger partial charge in [-0.3, -0.25) is 4.79 Å². The first-order chi connectivity index (χ1) is 10.5. The Labute approximate surface area is 130 Å². The molecule has 2 rings (SSSR count). The van der Waals surface area contributed by atoms with Crippen molar-refractivity contribution in [1.29, 1.82) is 0 Å². The molecule has 1 atom stereocenters. The van der Waals surface area contributed by atoms with Crippen molar-refractivity contribution in [3.05, 3.63) is 29.8 Å². The van der Waals surface area contributed by atoms with Crippen LogP contribution in [0.5, 0.6) is 5.75 Å². The topological polar surface area (TPSA) is 75.6 Å². The molecule has 0 spiro atoms. The second-order valence-electron chi connectivity index (χ2n) is 6.27. The Hall–Kier alpha value is -2.04. The summed E-state index contributed by atoms with van der Waals surface area (Å²) >= 11 is 0. The van der Waals surface area contributed by atoms with E-state index in [9.17, 15) is 9.59 Å². The summed E-state index contributed by atoms with van der Waals surface area (Å²) in [6.45, 7) is 4.57. The van der Waals surface area contributed by atoms with Gasteiger partial charge in [0.25, 0.3) is 5.91 Å². The van der Waals surface area contributed by atoms with Crippen LogP contribution in [0.15, 0.2) is 24.3 Å². The SMILES string of the molecule is CC(C)C[C@@H](NC(=O)c1ccc(OCC2CC2)cc1)C(=O)O. The van der Waals surface area contributed by atoms with Gasteiger partial charge in [-0.2, -0.15) is 0 Å². The Morgan fingerprint density at radius 2 is 1.91 bits per heavy atom. The minimum Gasteiger partial charge on any atom is -0.493 e. The molecule has 5 nitrogen and oxygen atoms in total. The molecule has 0 unspecified atom stereocenters. The van der Waals surface area contributed by atoms with E-state index in [-0.39, 0.29) is 11.8 Å². The van der Waals surface area contributed by atoms with E-state index < -0.39 is 12.0 Å². The van der Waals surface area contributed by atoms with Gasteiger partial charge in [-0.15, -0.1) is 0 Å². The van der Waals surface area contributed by atoms with Gasteiger partial charge in [0.1, 0.15) is 11.8 Å². The van der Waals surface area contributed by atoms with E-state index >= 15 is 0 Å². The lowest BCUT2D eigenvalue weighted by Crippen LogP contribution is -2.41. The molecule has 1 aromatic rings. The third kappa shape index (κ3) is 5.06. The number of carboxylic acids is 1. The Kier molecular flexibility index (Phi) is 5.41. The minimum atomic E-state index is -1.01. The standard InChI is InChI=1S/C17H23NO4/c1-11(2)9-15(17(20)21)18-16(19)13-5-7-14(8-6-13)22-10-12-3-4-12/h5-8,11-12,15H,3-4,9-10H2,1-2H3,(H,18,19)(H,20,21)/t15-/m1/s1. The van der Waals surface area contributed by atoms with Gasteiger partial charge < -0.3 is 15.2 Å². The number of aliphatic carboxylic acids is 1. The van der Waals surface area contributed by atoms with E-state index in [1.54, 1.807) is 24.3 Å². The molecule has 1 fully saturated rings. The highest BCUT2D eigenvalue weighted by molar-refractivity contribution is 5.96. The van der Waals surface area contributed by atoms with Gasteiger partial charge >= 0.3 is 5.97 Å². The van der Waals surface area contributed by atoms with Crippen LogP contribution in [0.25, 0.3) is 0 Å². The van der Waals surface area contributed by atoms with Gasteiger partial charge in [-0.1, -0.05) is 13.8 Å². The highest BCUT2D eigenvalue weighted by atomic mass is 16.5. The Balaban J connectivity index is 1.91. The lowest BCUT2D eigenvalue weighted by atomic mass is 10.0. The van der Waals surface area contributed by atoms with Crippen LogP contribution < -0.4 is 10.1 Å². The van der Waals surface area contributed by atoms with Gasteiger partial charge in [0.15, 0.2) is 0 Å². The highest BCUT2D eigenvalue weighted by Gasteiger charge is 2.23. The molecule has 0 bridgehead atoms. The van der Waals surface area contributed by atoms with Crippen LogP contribution in [0.2, 0.25) is 0 Å². The predicted molar refractivity (Wildman–Crippen MR) is 83.0 cm³/mol. The zero-order valence-corrected chi connectivity index (χ0v) is 13.0. The van der Waals surface area contributed by atoms with Crippen molar-refractivity contribution in [2.75, 3.05) is 6.61 Å². The van der Waals surface area contributed by atoms with Crippen molar-refractivity contribution in [1.82, 2.24) is 5.32 Å². The monoisotopic (exact) mass is 305 g/mol. The maximum absolute atomic E-state index is 12.1. The van der Waals surface area contributed by atoms with Gasteiger partial charge in [-0.25, -0.2) is 4.79 Å². The molecule has 0 saturated heterocycles. The number of ether oxygens (including phenoxy) is 1. The first-order valence-electron chi connectivity index (χ1n) is 7.72. The van der Waals surface area contributed by atoms with E-state index in [0.717, 1.165) is 12.4 Å². The molecule has 1 aromatic carbocycles. The Bertz CT molecular complexity index is 520. The number of carbonyl (C=O) groups is 2. The average molecular weight is 305 g/mol. The van der Waals surface area contributed by atoms with Crippen LogP contribution in [0.1, 0.15) is 43.5 Å². The average Bonchev–Trinajstić information content (AvgIpc) is 3.28. The molecule has 1 aliphatic carbocycles. The molecule has 0 radical (unpaired) electrons. The lowest BCUT2D eigenvalue weighted by Gasteiger charge is -2.16. The first kappa shape index (κ1) is 16.3. The van der Waals surface area contributed by atoms with E-state index in [1.807, 2.05) is 13.8 Å². The fourth-order valence-corrected chi connectivity index (χ4v) is 2.14. The van der Waals surface area contributed by atoms with Crippen molar-refractivity contribution in [3.8, 4) is 5.75 Å². The van der Waals surface area contributed by atoms with Crippen molar-refractivity contribution in [2.45, 2.75) is 39.2 Å². The van der Waals surface area contributed by atoms with E-state index in [4.69, 9.17) is 9.84 Å². The maximum Gasteiger partial charge on any atom is 0.326 e. The smallest absolute Gasteiger partial charge is 0.326 e. The van der Waals surface area contributed by atoms with Crippen LogP contribution in [-0.4, -0.2) is 29.6 Å². The number of carboxylic acid groups (broad SMARTS) is 1. The molecule has 120 valence electrons. The van der Waals surface area contributed by atoms with Gasteiger partial charge in [0.2, 0.25) is 0 Å². The molecule has 1 amide bonds.